The van der Waals surface area contributed by atoms with Gasteiger partial charge in [0, 0.05) is 12.6 Å². The van der Waals surface area contributed by atoms with Crippen LogP contribution in [-0.4, -0.2) is 10.9 Å². The third-order valence-electron chi connectivity index (χ3n) is 1.57. The van der Waals surface area contributed by atoms with Crippen molar-refractivity contribution in [3.8, 4) is 0 Å². The maximum atomic E-state index is 11.1. The van der Waals surface area contributed by atoms with E-state index in [0.717, 1.165) is 6.42 Å². The highest BCUT2D eigenvalue weighted by Gasteiger charge is 2.02. The minimum absolute atomic E-state index is 0.126. The first-order valence-corrected chi connectivity index (χ1v) is 4.21. The van der Waals surface area contributed by atoms with Crippen LogP contribution in [0, 0.1) is 0 Å². The summed E-state index contributed by atoms with van der Waals surface area (Å²) in [6, 6.07) is 3.25. The van der Waals surface area contributed by atoms with Crippen molar-refractivity contribution in [3.05, 3.63) is 28.7 Å². The van der Waals surface area contributed by atoms with E-state index in [-0.39, 0.29) is 11.5 Å². The fourth-order valence-corrected chi connectivity index (χ4v) is 0.960. The topological polar surface area (TPSA) is 62.0 Å². The van der Waals surface area contributed by atoms with Gasteiger partial charge in [0.2, 0.25) is 5.91 Å². The average Bonchev–Trinajstić information content (AvgIpc) is 2.09. The second kappa shape index (κ2) is 4.45. The van der Waals surface area contributed by atoms with Crippen molar-refractivity contribution in [3.63, 3.8) is 0 Å². The Kier molecular flexibility index (Phi) is 3.25. The highest BCUT2D eigenvalue weighted by molar-refractivity contribution is 5.90. The smallest absolute Gasteiger partial charge is 0.271 e. The summed E-state index contributed by atoms with van der Waals surface area (Å²) in [6.45, 7) is 1.91. The largest absolute Gasteiger partial charge is 0.327 e. The van der Waals surface area contributed by atoms with Crippen LogP contribution in [0.5, 0.6) is 0 Å². The van der Waals surface area contributed by atoms with E-state index < -0.39 is 0 Å². The van der Waals surface area contributed by atoms with Crippen LogP contribution in [0.3, 0.4) is 0 Å². The Morgan fingerprint density at radius 1 is 1.62 bits per heavy atom. The van der Waals surface area contributed by atoms with E-state index in [1.807, 2.05) is 6.92 Å². The Bertz CT molecular complexity index is 343. The summed E-state index contributed by atoms with van der Waals surface area (Å²) in [6.07, 6.45) is 2.74. The van der Waals surface area contributed by atoms with Gasteiger partial charge in [-0.25, -0.2) is 0 Å². The second-order valence-corrected chi connectivity index (χ2v) is 2.71. The number of H-pyrrole nitrogens is 1. The summed E-state index contributed by atoms with van der Waals surface area (Å²) in [5.74, 6) is -0.126. The van der Waals surface area contributed by atoms with Crippen molar-refractivity contribution >= 4 is 11.6 Å². The standard InChI is InChI=1S/C9H12N2O2/c1-2-4-8(12)11-7-5-3-6-10-9(7)13/h3,5-6H,2,4H2,1H3,(H,10,13)(H,11,12). The summed E-state index contributed by atoms with van der Waals surface area (Å²) in [5, 5.41) is 2.53. The molecular weight excluding hydrogens is 168 g/mol. The van der Waals surface area contributed by atoms with Crippen molar-refractivity contribution in [1.29, 1.82) is 0 Å². The van der Waals surface area contributed by atoms with E-state index in [0.29, 0.717) is 12.1 Å². The van der Waals surface area contributed by atoms with Gasteiger partial charge in [-0.15, -0.1) is 0 Å². The Morgan fingerprint density at radius 2 is 2.38 bits per heavy atom. The number of hydrogen-bond acceptors (Lipinski definition) is 2. The molecular formula is C9H12N2O2. The molecule has 0 aromatic carbocycles. The Balaban J connectivity index is 2.69. The van der Waals surface area contributed by atoms with Crippen LogP contribution < -0.4 is 10.9 Å². The summed E-state index contributed by atoms with van der Waals surface area (Å²) >= 11 is 0. The van der Waals surface area contributed by atoms with Gasteiger partial charge in [-0.3, -0.25) is 9.59 Å². The molecule has 1 amide bonds. The monoisotopic (exact) mass is 180 g/mol. The van der Waals surface area contributed by atoms with E-state index >= 15 is 0 Å². The summed E-state index contributed by atoms with van der Waals surface area (Å²) in [4.78, 5) is 24.7. The number of nitrogens with one attached hydrogen (secondary N) is 2. The zero-order chi connectivity index (χ0) is 9.68. The first-order valence-electron chi connectivity index (χ1n) is 4.21. The van der Waals surface area contributed by atoms with Gasteiger partial charge in [-0.2, -0.15) is 0 Å². The van der Waals surface area contributed by atoms with E-state index in [2.05, 4.69) is 10.3 Å². The molecule has 2 N–H and O–H groups in total. The molecule has 1 rings (SSSR count). The predicted molar refractivity (Wildman–Crippen MR) is 50.6 cm³/mol. The van der Waals surface area contributed by atoms with Gasteiger partial charge in [0.1, 0.15) is 5.69 Å². The van der Waals surface area contributed by atoms with Crippen molar-refractivity contribution < 1.29 is 4.79 Å². The van der Waals surface area contributed by atoms with E-state index in [9.17, 15) is 9.59 Å². The Morgan fingerprint density at radius 3 is 3.00 bits per heavy atom. The lowest BCUT2D eigenvalue weighted by atomic mass is 10.3. The molecule has 0 aliphatic carbocycles. The fraction of sp³-hybridized carbons (Fsp3) is 0.333. The average molecular weight is 180 g/mol. The van der Waals surface area contributed by atoms with Gasteiger partial charge >= 0.3 is 0 Å². The zero-order valence-electron chi connectivity index (χ0n) is 7.46. The van der Waals surface area contributed by atoms with Gasteiger partial charge in [0.15, 0.2) is 0 Å². The molecule has 0 saturated carbocycles. The highest BCUT2D eigenvalue weighted by atomic mass is 16.2. The van der Waals surface area contributed by atoms with Crippen LogP contribution in [0.4, 0.5) is 5.69 Å². The van der Waals surface area contributed by atoms with Gasteiger partial charge in [-0.1, -0.05) is 6.92 Å². The molecule has 0 aliphatic rings. The fourth-order valence-electron chi connectivity index (χ4n) is 0.960. The minimum Gasteiger partial charge on any atom is -0.327 e. The van der Waals surface area contributed by atoms with Crippen molar-refractivity contribution in [2.45, 2.75) is 19.8 Å². The van der Waals surface area contributed by atoms with Gasteiger partial charge in [-0.05, 0) is 18.6 Å². The van der Waals surface area contributed by atoms with Crippen molar-refractivity contribution in [2.75, 3.05) is 5.32 Å². The lowest BCUT2D eigenvalue weighted by Crippen LogP contribution is -2.18. The molecule has 4 nitrogen and oxygen atoms in total. The molecule has 13 heavy (non-hydrogen) atoms. The van der Waals surface area contributed by atoms with Crippen LogP contribution in [0.15, 0.2) is 23.1 Å². The van der Waals surface area contributed by atoms with E-state index in [1.54, 1.807) is 12.1 Å². The Labute approximate surface area is 76.0 Å². The van der Waals surface area contributed by atoms with Crippen LogP contribution >= 0.6 is 0 Å². The molecule has 0 bridgehead atoms. The minimum atomic E-state index is -0.271. The number of amides is 1. The first-order chi connectivity index (χ1) is 6.24. The number of hydrogen-bond donors (Lipinski definition) is 2. The molecule has 0 atom stereocenters. The summed E-state index contributed by atoms with van der Waals surface area (Å²) in [7, 11) is 0. The summed E-state index contributed by atoms with van der Waals surface area (Å²) < 4.78 is 0. The molecule has 1 aromatic rings. The maximum Gasteiger partial charge on any atom is 0.271 e. The second-order valence-electron chi connectivity index (χ2n) is 2.71. The SMILES string of the molecule is CCCC(=O)Nc1ccc[nH]c1=O. The maximum absolute atomic E-state index is 11.1. The molecule has 0 aliphatic heterocycles. The van der Waals surface area contributed by atoms with Gasteiger partial charge in [0.05, 0.1) is 0 Å². The number of aromatic amines is 1. The lowest BCUT2D eigenvalue weighted by Gasteiger charge is -2.01. The van der Waals surface area contributed by atoms with Gasteiger partial charge < -0.3 is 10.3 Å². The number of rotatable bonds is 3. The molecule has 70 valence electrons. The third kappa shape index (κ3) is 2.74. The molecule has 0 spiro atoms. The quantitative estimate of drug-likeness (QED) is 0.732. The number of pyridine rings is 1. The van der Waals surface area contributed by atoms with E-state index in [4.69, 9.17) is 0 Å². The van der Waals surface area contributed by atoms with Crippen LogP contribution in [0.1, 0.15) is 19.8 Å². The molecule has 0 unspecified atom stereocenters. The number of carbonyl (C=O) groups is 1. The Hall–Kier alpha value is -1.58. The molecule has 1 aromatic heterocycles. The van der Waals surface area contributed by atoms with Crippen LogP contribution in [0.25, 0.3) is 0 Å². The predicted octanol–water partition coefficient (Wildman–Crippen LogP) is 1.11. The zero-order valence-corrected chi connectivity index (χ0v) is 7.46. The van der Waals surface area contributed by atoms with Crippen LogP contribution in [0.2, 0.25) is 0 Å². The van der Waals surface area contributed by atoms with Crippen LogP contribution in [-0.2, 0) is 4.79 Å². The number of anilines is 1. The highest BCUT2D eigenvalue weighted by Crippen LogP contribution is 1.98. The third-order valence-corrected chi connectivity index (χ3v) is 1.57. The van der Waals surface area contributed by atoms with Crippen molar-refractivity contribution in [1.82, 2.24) is 4.98 Å². The number of carbonyl (C=O) groups excluding carboxylic acids is 1. The number of aromatic nitrogens is 1. The van der Waals surface area contributed by atoms with E-state index in [1.165, 1.54) is 6.20 Å². The lowest BCUT2D eigenvalue weighted by molar-refractivity contribution is -0.116. The molecule has 0 radical (unpaired) electrons. The molecule has 0 saturated heterocycles. The van der Waals surface area contributed by atoms with Crippen molar-refractivity contribution in [2.24, 2.45) is 0 Å². The molecule has 4 heteroatoms. The van der Waals surface area contributed by atoms with Gasteiger partial charge in [0.25, 0.3) is 5.56 Å². The normalized spacial score (nSPS) is 9.62. The molecule has 1 heterocycles. The molecule has 0 fully saturated rings. The first kappa shape index (κ1) is 9.51. The summed E-state index contributed by atoms with van der Waals surface area (Å²) in [5.41, 5.74) is 0.0351.